The summed E-state index contributed by atoms with van der Waals surface area (Å²) < 4.78 is 74.8. The van der Waals surface area contributed by atoms with Gasteiger partial charge in [-0.3, -0.25) is 29.5 Å². The molecule has 2 aromatic rings. The van der Waals surface area contributed by atoms with Crippen molar-refractivity contribution < 1.29 is 54.6 Å². The zero-order valence-electron chi connectivity index (χ0n) is 23.5. The summed E-state index contributed by atoms with van der Waals surface area (Å²) in [5.74, 6) is 0.762. The average Bonchev–Trinajstić information content (AvgIpc) is 2.95. The molecule has 17 nitrogen and oxygen atoms in total. The second kappa shape index (κ2) is 12.3. The van der Waals surface area contributed by atoms with Crippen LogP contribution in [0.5, 0.6) is 0 Å². The van der Waals surface area contributed by atoms with Gasteiger partial charge >= 0.3 is 5.97 Å². The molecule has 0 aromatic heterocycles. The Hall–Kier alpha value is -5.21. The average molecular weight is 676 g/mol. The van der Waals surface area contributed by atoms with Gasteiger partial charge in [0.15, 0.2) is 21.1 Å². The summed E-state index contributed by atoms with van der Waals surface area (Å²) in [6.07, 6.45) is -0.203. The van der Waals surface area contributed by atoms with Crippen molar-refractivity contribution in [2.24, 2.45) is 5.84 Å². The highest BCUT2D eigenvalue weighted by Crippen LogP contribution is 2.45. The Morgan fingerprint density at radius 1 is 0.957 bits per heavy atom. The first-order valence-electron chi connectivity index (χ1n) is 12.9. The lowest BCUT2D eigenvalue weighted by Crippen LogP contribution is -2.49. The van der Waals surface area contributed by atoms with Crippen molar-refractivity contribution >= 4 is 60.5 Å². The van der Waals surface area contributed by atoms with E-state index in [1.807, 2.05) is 5.43 Å². The maximum atomic E-state index is 13.1. The van der Waals surface area contributed by atoms with Gasteiger partial charge in [0, 0.05) is 28.5 Å². The van der Waals surface area contributed by atoms with Gasteiger partial charge in [0.25, 0.3) is 32.1 Å². The molecule has 0 radical (unpaired) electrons. The summed E-state index contributed by atoms with van der Waals surface area (Å²) in [6, 6.07) is 6.31. The van der Waals surface area contributed by atoms with E-state index in [1.165, 1.54) is 13.0 Å². The van der Waals surface area contributed by atoms with Crippen LogP contribution < -0.4 is 27.7 Å². The quantitative estimate of drug-likeness (QED) is 0.0289. The topological polar surface area (TPSA) is 310 Å². The van der Waals surface area contributed by atoms with Crippen molar-refractivity contribution in [3.8, 4) is 22.5 Å². The van der Waals surface area contributed by atoms with Crippen LogP contribution in [0, 0.1) is 5.41 Å². The van der Waals surface area contributed by atoms with Crippen molar-refractivity contribution in [1.29, 1.82) is 5.41 Å². The number of hydrogen-bond acceptors (Lipinski definition) is 12. The molecule has 0 fully saturated rings. The second-order valence-corrected chi connectivity index (χ2v) is 12.7. The maximum Gasteiger partial charge on any atom is 0.336 e. The number of Topliss-reactive ketones (excluding diaryl/α,β-unsaturated/α-hetero) is 1. The zero-order chi connectivity index (χ0) is 34.3. The molecule has 1 atom stereocenters. The highest BCUT2D eigenvalue weighted by atomic mass is 32.2. The highest BCUT2D eigenvalue weighted by Gasteiger charge is 2.32. The number of amides is 2. The molecule has 19 heteroatoms. The third-order valence-electron chi connectivity index (χ3n) is 6.84. The molecule has 2 aromatic carbocycles. The monoisotopic (exact) mass is 675 g/mol. The van der Waals surface area contributed by atoms with Gasteiger partial charge in [0.05, 0.1) is 16.6 Å². The van der Waals surface area contributed by atoms with Crippen LogP contribution in [0.1, 0.15) is 40.5 Å². The van der Waals surface area contributed by atoms with E-state index in [0.717, 1.165) is 36.4 Å². The van der Waals surface area contributed by atoms with Gasteiger partial charge in [0.2, 0.25) is 0 Å². The molecule has 0 spiro atoms. The number of nitrogens with one attached hydrogen (secondary N) is 3. The number of carbonyl (C=O) groups is 4. The van der Waals surface area contributed by atoms with E-state index in [-0.39, 0.29) is 46.3 Å². The first-order chi connectivity index (χ1) is 21.4. The number of anilines is 1. The molecule has 0 saturated heterocycles. The van der Waals surface area contributed by atoms with E-state index in [4.69, 9.17) is 21.4 Å². The van der Waals surface area contributed by atoms with Crippen LogP contribution in [0.15, 0.2) is 56.7 Å². The third kappa shape index (κ3) is 6.43. The first kappa shape index (κ1) is 33.7. The predicted molar refractivity (Wildman–Crippen MR) is 159 cm³/mol. The Bertz CT molecular complexity index is 2210. The molecule has 0 bridgehead atoms. The number of hydrazine groups is 1. The number of nitrogen functional groups attached to an aromatic ring is 1. The van der Waals surface area contributed by atoms with Crippen molar-refractivity contribution in [2.45, 2.75) is 35.6 Å². The maximum absolute atomic E-state index is 13.1. The van der Waals surface area contributed by atoms with Crippen molar-refractivity contribution in [1.82, 2.24) is 10.7 Å². The van der Waals surface area contributed by atoms with Gasteiger partial charge in [-0.2, -0.15) is 16.8 Å². The van der Waals surface area contributed by atoms with Crippen LogP contribution in [0.4, 0.5) is 5.69 Å². The van der Waals surface area contributed by atoms with Gasteiger partial charge in [-0.25, -0.2) is 10.6 Å². The van der Waals surface area contributed by atoms with E-state index in [2.05, 4.69) is 5.32 Å². The summed E-state index contributed by atoms with van der Waals surface area (Å²) in [5, 5.41) is 19.7. The molecular formula is C27H25N5O12S2. The van der Waals surface area contributed by atoms with Crippen molar-refractivity contribution in [3.05, 3.63) is 58.9 Å². The third-order valence-corrected chi connectivity index (χ3v) is 8.70. The summed E-state index contributed by atoms with van der Waals surface area (Å²) in [4.78, 5) is 47.2. The molecule has 0 saturated carbocycles. The number of nitrogens with two attached hydrogens (primary N) is 2. The van der Waals surface area contributed by atoms with Crippen LogP contribution in [0.2, 0.25) is 0 Å². The van der Waals surface area contributed by atoms with E-state index < -0.39 is 81.8 Å². The number of carboxylic acids is 1. The van der Waals surface area contributed by atoms with Crippen LogP contribution in [0.3, 0.4) is 0 Å². The molecule has 242 valence electrons. The summed E-state index contributed by atoms with van der Waals surface area (Å²) >= 11 is 0. The lowest BCUT2D eigenvalue weighted by Gasteiger charge is -2.20. The molecule has 2 amide bonds. The molecule has 1 aliphatic carbocycles. The number of fused-ring (bicyclic) bond motifs is 2. The molecule has 1 unspecified atom stereocenters. The van der Waals surface area contributed by atoms with E-state index >= 15 is 0 Å². The minimum Gasteiger partial charge on any atom is -0.478 e. The summed E-state index contributed by atoms with van der Waals surface area (Å²) in [7, 11) is -10.4. The standard InChI is InChI=1S/C27H25N5O12S2/c1-11(33)2-9-19(26(35)32-30)31-25(34)12-3-4-13(16(10-12)27(36)37)20-14-5-7-17(28)23(45(38,39)40)21(14)44-22-15(20)6-8-18(29)24(22)46(41,42)43/h3-8,10,19,28H,2,9,29-30H2,1H3,(H,31,34)(H,32,35)(H,36,37)(H,38,39,40)(H,41,42,43). The Morgan fingerprint density at radius 3 is 2.15 bits per heavy atom. The lowest BCUT2D eigenvalue weighted by molar-refractivity contribution is -0.123. The smallest absolute Gasteiger partial charge is 0.336 e. The fourth-order valence-corrected chi connectivity index (χ4v) is 6.32. The molecule has 10 N–H and O–H groups in total. The van der Waals surface area contributed by atoms with E-state index in [9.17, 15) is 50.2 Å². The van der Waals surface area contributed by atoms with E-state index in [0.29, 0.717) is 0 Å². The number of aromatic carboxylic acids is 1. The van der Waals surface area contributed by atoms with Gasteiger partial charge in [-0.15, -0.1) is 0 Å². The fraction of sp³-hybridized carbons (Fsp3) is 0.148. The zero-order valence-corrected chi connectivity index (χ0v) is 25.2. The lowest BCUT2D eigenvalue weighted by atomic mass is 9.89. The van der Waals surface area contributed by atoms with Crippen LogP contribution in [-0.4, -0.2) is 60.7 Å². The number of carbonyl (C=O) groups excluding carboxylic acids is 3. The SMILES string of the molecule is CC(=O)CCC(NC(=O)c1ccc(-c2c3ccc(=N)c(S(=O)(=O)O)c-3oc3c(S(=O)(=O)O)c(N)ccc23)c(C(=O)O)c1)C(=O)NN. The number of hydrogen-bond donors (Lipinski definition) is 8. The predicted octanol–water partition coefficient (Wildman–Crippen LogP) is 0.915. The Kier molecular flexibility index (Phi) is 9.00. The minimum absolute atomic E-state index is 0.0848. The molecule has 4 rings (SSSR count). The largest absolute Gasteiger partial charge is 0.478 e. The Balaban J connectivity index is 2.06. The van der Waals surface area contributed by atoms with Crippen molar-refractivity contribution in [3.63, 3.8) is 0 Å². The molecule has 2 aliphatic rings. The van der Waals surface area contributed by atoms with Crippen LogP contribution in [-0.2, 0) is 29.8 Å². The molecule has 1 aliphatic heterocycles. The number of ketones is 1. The number of carboxylic acid groups (broad SMARTS) is 1. The van der Waals surface area contributed by atoms with Crippen LogP contribution >= 0.6 is 0 Å². The second-order valence-electron chi connectivity index (χ2n) is 9.95. The number of benzene rings is 3. The summed E-state index contributed by atoms with van der Waals surface area (Å²) in [6.45, 7) is 1.28. The number of rotatable bonds is 10. The van der Waals surface area contributed by atoms with E-state index in [1.54, 1.807) is 0 Å². The van der Waals surface area contributed by atoms with Gasteiger partial charge in [-0.1, -0.05) is 6.07 Å². The molecule has 46 heavy (non-hydrogen) atoms. The Morgan fingerprint density at radius 2 is 1.59 bits per heavy atom. The fourth-order valence-electron chi connectivity index (χ4n) is 4.84. The van der Waals surface area contributed by atoms with Gasteiger partial charge in [-0.05, 0) is 55.3 Å². The van der Waals surface area contributed by atoms with Crippen molar-refractivity contribution in [2.75, 3.05) is 5.73 Å². The van der Waals surface area contributed by atoms with Gasteiger partial charge < -0.3 is 25.4 Å². The van der Waals surface area contributed by atoms with Crippen LogP contribution in [0.25, 0.3) is 33.4 Å². The first-order valence-corrected chi connectivity index (χ1v) is 15.7. The molecular weight excluding hydrogens is 650 g/mol. The van der Waals surface area contributed by atoms with Gasteiger partial charge in [0.1, 0.15) is 11.8 Å². The highest BCUT2D eigenvalue weighted by molar-refractivity contribution is 7.86. The minimum atomic E-state index is -5.22. The normalized spacial score (nSPS) is 12.5. The Labute approximate surface area is 259 Å². The molecule has 1 heterocycles. The summed E-state index contributed by atoms with van der Waals surface area (Å²) in [5.41, 5.74) is 4.89.